The minimum atomic E-state index is -0.653. The van der Waals surface area contributed by atoms with Crippen molar-refractivity contribution in [2.75, 3.05) is 26.8 Å². The maximum absolute atomic E-state index is 11.6. The Bertz CT molecular complexity index is 389. The molecule has 5 nitrogen and oxygen atoms in total. The summed E-state index contributed by atoms with van der Waals surface area (Å²) in [6.07, 6.45) is 24.8. The molecule has 0 spiro atoms. The van der Waals surface area contributed by atoms with Crippen LogP contribution in [0.1, 0.15) is 149 Å². The van der Waals surface area contributed by atoms with Gasteiger partial charge in [0.25, 0.3) is 0 Å². The molecule has 0 heterocycles. The molecule has 0 amide bonds. The van der Waals surface area contributed by atoms with Crippen molar-refractivity contribution in [2.24, 2.45) is 0 Å². The molecule has 0 aromatic rings. The number of nitrogens with zero attached hydrogens (tertiary/aromatic N) is 1. The highest BCUT2D eigenvalue weighted by Crippen LogP contribution is 2.13. The molecule has 200 valence electrons. The maximum Gasteiger partial charge on any atom is 0.303 e. The van der Waals surface area contributed by atoms with Crippen LogP contribution in [0.15, 0.2) is 0 Å². The van der Waals surface area contributed by atoms with Crippen LogP contribution in [0.25, 0.3) is 0 Å². The van der Waals surface area contributed by atoms with Crippen molar-refractivity contribution in [1.29, 1.82) is 0 Å². The predicted octanol–water partition coefficient (Wildman–Crippen LogP) is 8.41. The van der Waals surface area contributed by atoms with Gasteiger partial charge in [-0.1, -0.05) is 124 Å². The molecule has 1 atom stereocenters. The standard InChI is InChI=1S/C18H36O2.C10H24N2O/c1-2-3-4-5-6-7-8-9-10-11-12-13-14-15-16-17-18(19)20;1-4-6-7-8-11-10-12(3,13)9-5-2/h2-17H2,1H3,(H,19,20);11H,4-10H2,1-3H3. The van der Waals surface area contributed by atoms with Crippen molar-refractivity contribution >= 4 is 5.97 Å². The fourth-order valence-corrected chi connectivity index (χ4v) is 4.02. The van der Waals surface area contributed by atoms with E-state index in [9.17, 15) is 10.0 Å². The molecule has 1 unspecified atom stereocenters. The highest BCUT2D eigenvalue weighted by atomic mass is 16.5. The maximum atomic E-state index is 11.6. The molecule has 0 bridgehead atoms. The van der Waals surface area contributed by atoms with Gasteiger partial charge in [-0.05, 0) is 19.3 Å². The zero-order valence-corrected chi connectivity index (χ0v) is 23.0. The molecule has 2 N–H and O–H groups in total. The Morgan fingerprint density at radius 1 is 0.667 bits per heavy atom. The molecule has 0 radical (unpaired) electrons. The third-order valence-corrected chi connectivity index (χ3v) is 6.09. The number of unbranched alkanes of at least 4 members (excludes halogenated alkanes) is 16. The van der Waals surface area contributed by atoms with Crippen LogP contribution < -0.4 is 5.32 Å². The molecule has 0 aromatic heterocycles. The third-order valence-electron chi connectivity index (χ3n) is 6.09. The molecule has 0 aliphatic rings. The quantitative estimate of drug-likeness (QED) is 0.0640. The first-order valence-corrected chi connectivity index (χ1v) is 14.4. The van der Waals surface area contributed by atoms with Gasteiger partial charge in [-0.25, -0.2) is 0 Å². The number of carbonyl (C=O) groups is 1. The molecule has 0 saturated carbocycles. The van der Waals surface area contributed by atoms with Gasteiger partial charge < -0.3 is 15.0 Å². The van der Waals surface area contributed by atoms with Gasteiger partial charge in [-0.3, -0.25) is 10.1 Å². The van der Waals surface area contributed by atoms with Crippen LogP contribution in [0.3, 0.4) is 0 Å². The van der Waals surface area contributed by atoms with E-state index in [0.29, 0.717) is 19.6 Å². The molecule has 0 aliphatic carbocycles. The molecule has 0 rings (SSSR count). The molecule has 33 heavy (non-hydrogen) atoms. The van der Waals surface area contributed by atoms with Gasteiger partial charge in [0.2, 0.25) is 0 Å². The SMILES string of the molecule is CCCCCCCCCCCCCCCCCC(=O)O.CCCCCNC[N+](C)([O-])CCC. The average molecular weight is 473 g/mol. The lowest BCUT2D eigenvalue weighted by Gasteiger charge is -2.38. The van der Waals surface area contributed by atoms with E-state index in [1.165, 1.54) is 103 Å². The summed E-state index contributed by atoms with van der Waals surface area (Å²) in [7, 11) is 1.73. The molecule has 0 aromatic carbocycles. The van der Waals surface area contributed by atoms with E-state index in [1.54, 1.807) is 7.05 Å². The largest absolute Gasteiger partial charge is 0.632 e. The van der Waals surface area contributed by atoms with Crippen molar-refractivity contribution in [3.05, 3.63) is 5.21 Å². The molecule has 0 saturated heterocycles. The zero-order chi connectivity index (χ0) is 25.0. The number of rotatable bonds is 24. The summed E-state index contributed by atoms with van der Waals surface area (Å²) >= 11 is 0. The first kappa shape index (κ1) is 34.5. The lowest BCUT2D eigenvalue weighted by molar-refractivity contribution is -0.863. The number of quaternary nitrogens is 1. The van der Waals surface area contributed by atoms with Crippen molar-refractivity contribution in [3.8, 4) is 0 Å². The molecular formula is C28H60N2O3. The summed E-state index contributed by atoms with van der Waals surface area (Å²) in [4.78, 5) is 10.3. The third kappa shape index (κ3) is 33.6. The number of hydrogen-bond donors (Lipinski definition) is 2. The monoisotopic (exact) mass is 472 g/mol. The Labute approximate surface area is 207 Å². The van der Waals surface area contributed by atoms with Crippen LogP contribution >= 0.6 is 0 Å². The minimum Gasteiger partial charge on any atom is -0.632 e. The van der Waals surface area contributed by atoms with Crippen molar-refractivity contribution in [3.63, 3.8) is 0 Å². The van der Waals surface area contributed by atoms with Crippen molar-refractivity contribution in [1.82, 2.24) is 5.32 Å². The summed E-state index contributed by atoms with van der Waals surface area (Å²) < 4.78 is -0.150. The molecule has 0 fully saturated rings. The summed E-state index contributed by atoms with van der Waals surface area (Å²) in [6.45, 7) is 8.74. The fourth-order valence-electron chi connectivity index (χ4n) is 4.02. The lowest BCUT2D eigenvalue weighted by atomic mass is 10.0. The van der Waals surface area contributed by atoms with E-state index >= 15 is 0 Å². The highest BCUT2D eigenvalue weighted by molar-refractivity contribution is 5.66. The molecular weight excluding hydrogens is 412 g/mol. The number of hydrogen-bond acceptors (Lipinski definition) is 3. The van der Waals surface area contributed by atoms with E-state index in [-0.39, 0.29) is 4.65 Å². The summed E-state index contributed by atoms with van der Waals surface area (Å²) in [5, 5.41) is 23.3. The average Bonchev–Trinajstić information content (AvgIpc) is 2.76. The van der Waals surface area contributed by atoms with Gasteiger partial charge in [0, 0.05) is 13.0 Å². The summed E-state index contributed by atoms with van der Waals surface area (Å²) in [5.41, 5.74) is 0. The van der Waals surface area contributed by atoms with Gasteiger partial charge in [-0.15, -0.1) is 0 Å². The number of hydroxylamine groups is 3. The number of carboxylic acids is 1. The first-order valence-electron chi connectivity index (χ1n) is 14.4. The number of nitrogens with one attached hydrogen (secondary N) is 1. The summed E-state index contributed by atoms with van der Waals surface area (Å²) in [5.74, 6) is -0.653. The van der Waals surface area contributed by atoms with Gasteiger partial charge >= 0.3 is 5.97 Å². The van der Waals surface area contributed by atoms with Gasteiger partial charge in [0.1, 0.15) is 6.67 Å². The van der Waals surface area contributed by atoms with E-state index < -0.39 is 5.97 Å². The van der Waals surface area contributed by atoms with E-state index in [1.807, 2.05) is 6.92 Å². The second kappa shape index (κ2) is 27.6. The summed E-state index contributed by atoms with van der Waals surface area (Å²) in [6, 6.07) is 0. The van der Waals surface area contributed by atoms with E-state index in [2.05, 4.69) is 19.2 Å². The highest BCUT2D eigenvalue weighted by Gasteiger charge is 2.06. The molecule has 0 aliphatic heterocycles. The first-order chi connectivity index (χ1) is 15.9. The Balaban J connectivity index is 0. The Hall–Kier alpha value is -0.650. The van der Waals surface area contributed by atoms with Crippen molar-refractivity contribution in [2.45, 2.75) is 149 Å². The van der Waals surface area contributed by atoms with Crippen LogP contribution in [0.5, 0.6) is 0 Å². The Kier molecular flexibility index (Phi) is 28.9. The van der Waals surface area contributed by atoms with Crippen molar-refractivity contribution < 1.29 is 14.5 Å². The fraction of sp³-hybridized carbons (Fsp3) is 0.964. The van der Waals surface area contributed by atoms with Crippen LogP contribution in [-0.2, 0) is 4.79 Å². The smallest absolute Gasteiger partial charge is 0.303 e. The zero-order valence-electron chi connectivity index (χ0n) is 23.0. The Morgan fingerprint density at radius 3 is 1.45 bits per heavy atom. The second-order valence-corrected chi connectivity index (χ2v) is 9.98. The van der Waals surface area contributed by atoms with Gasteiger partial charge in [0.15, 0.2) is 0 Å². The van der Waals surface area contributed by atoms with Gasteiger partial charge in [-0.2, -0.15) is 0 Å². The minimum absolute atomic E-state index is 0.150. The van der Waals surface area contributed by atoms with E-state index in [0.717, 1.165) is 25.8 Å². The topological polar surface area (TPSA) is 72.4 Å². The normalized spacial score (nSPS) is 12.8. The molecule has 5 heteroatoms. The second-order valence-electron chi connectivity index (χ2n) is 9.98. The van der Waals surface area contributed by atoms with Crippen LogP contribution in [-0.4, -0.2) is 42.5 Å². The predicted molar refractivity (Wildman–Crippen MR) is 144 cm³/mol. The Morgan fingerprint density at radius 2 is 1.06 bits per heavy atom. The van der Waals surface area contributed by atoms with Gasteiger partial charge in [0.05, 0.1) is 13.6 Å². The lowest BCUT2D eigenvalue weighted by Crippen LogP contribution is -2.45. The van der Waals surface area contributed by atoms with Crippen LogP contribution in [0.4, 0.5) is 0 Å². The number of aliphatic carboxylic acids is 1. The van der Waals surface area contributed by atoms with E-state index in [4.69, 9.17) is 5.11 Å². The van der Waals surface area contributed by atoms with Crippen LogP contribution in [0, 0.1) is 5.21 Å². The number of carboxylic acid groups (broad SMARTS) is 1. The van der Waals surface area contributed by atoms with Crippen LogP contribution in [0.2, 0.25) is 0 Å².